The molecule has 0 saturated heterocycles. The van der Waals surface area contributed by atoms with E-state index in [1.807, 2.05) is 0 Å². The second-order valence-electron chi connectivity index (χ2n) is 2.79. The first-order valence-corrected chi connectivity index (χ1v) is 5.84. The topological polar surface area (TPSA) is 105 Å². The molecule has 1 aromatic carbocycles. The van der Waals surface area contributed by atoms with E-state index in [9.17, 15) is 4.57 Å². The Labute approximate surface area is 87.3 Å². The standard InChI is InChI=1S/C8H13N2O4P/c9-5-6-10-7-3-1-2-4-8(7)14-15(11,12)13/h1-4,10H,5-6,9H2,(H2,11,12,13). The van der Waals surface area contributed by atoms with Gasteiger partial charge in [0, 0.05) is 13.1 Å². The molecule has 84 valence electrons. The maximum absolute atomic E-state index is 10.6. The maximum Gasteiger partial charge on any atom is 0.524 e. The average Bonchev–Trinajstić information content (AvgIpc) is 2.14. The Morgan fingerprint density at radius 2 is 2.07 bits per heavy atom. The first-order valence-electron chi connectivity index (χ1n) is 4.31. The first kappa shape index (κ1) is 12.0. The van der Waals surface area contributed by atoms with Crippen LogP contribution in [0.1, 0.15) is 0 Å². The van der Waals surface area contributed by atoms with Crippen molar-refractivity contribution in [2.45, 2.75) is 0 Å². The molecule has 0 atom stereocenters. The molecule has 15 heavy (non-hydrogen) atoms. The molecule has 0 fully saturated rings. The van der Waals surface area contributed by atoms with Crippen LogP contribution in [0.4, 0.5) is 5.69 Å². The van der Waals surface area contributed by atoms with E-state index in [2.05, 4.69) is 9.84 Å². The van der Waals surface area contributed by atoms with Crippen LogP contribution in [0.25, 0.3) is 0 Å². The third kappa shape index (κ3) is 4.31. The van der Waals surface area contributed by atoms with E-state index >= 15 is 0 Å². The Morgan fingerprint density at radius 1 is 1.40 bits per heavy atom. The van der Waals surface area contributed by atoms with Gasteiger partial charge in [0.15, 0.2) is 5.75 Å². The molecular weight excluding hydrogens is 219 g/mol. The summed E-state index contributed by atoms with van der Waals surface area (Å²) in [4.78, 5) is 17.3. The van der Waals surface area contributed by atoms with Crippen LogP contribution in [0.15, 0.2) is 24.3 Å². The summed E-state index contributed by atoms with van der Waals surface area (Å²) in [6.07, 6.45) is 0. The van der Waals surface area contributed by atoms with E-state index in [0.717, 1.165) is 0 Å². The summed E-state index contributed by atoms with van der Waals surface area (Å²) >= 11 is 0. The third-order valence-corrected chi connectivity index (χ3v) is 2.00. The number of benzene rings is 1. The maximum atomic E-state index is 10.6. The minimum absolute atomic E-state index is 0.110. The average molecular weight is 232 g/mol. The zero-order chi connectivity index (χ0) is 11.3. The molecule has 0 aliphatic rings. The van der Waals surface area contributed by atoms with E-state index in [1.165, 1.54) is 6.07 Å². The molecule has 0 bridgehead atoms. The first-order chi connectivity index (χ1) is 7.03. The van der Waals surface area contributed by atoms with Crippen molar-refractivity contribution < 1.29 is 18.9 Å². The van der Waals surface area contributed by atoms with Crippen molar-refractivity contribution in [3.05, 3.63) is 24.3 Å². The van der Waals surface area contributed by atoms with E-state index < -0.39 is 7.82 Å². The van der Waals surface area contributed by atoms with Crippen molar-refractivity contribution >= 4 is 13.5 Å². The molecule has 1 rings (SSSR count). The van der Waals surface area contributed by atoms with Gasteiger partial charge in [-0.15, -0.1) is 0 Å². The molecule has 6 nitrogen and oxygen atoms in total. The van der Waals surface area contributed by atoms with Crippen LogP contribution in [0, 0.1) is 0 Å². The van der Waals surface area contributed by atoms with Crippen LogP contribution in [0.5, 0.6) is 5.75 Å². The van der Waals surface area contributed by atoms with E-state index in [-0.39, 0.29) is 5.75 Å². The van der Waals surface area contributed by atoms with Gasteiger partial charge in [-0.1, -0.05) is 12.1 Å². The minimum Gasteiger partial charge on any atom is -0.402 e. The number of rotatable bonds is 5. The largest absolute Gasteiger partial charge is 0.524 e. The summed E-state index contributed by atoms with van der Waals surface area (Å²) in [7, 11) is -4.52. The lowest BCUT2D eigenvalue weighted by Crippen LogP contribution is -2.13. The Morgan fingerprint density at radius 3 is 2.67 bits per heavy atom. The molecule has 0 aliphatic heterocycles. The van der Waals surface area contributed by atoms with Crippen molar-refractivity contribution in [3.63, 3.8) is 0 Å². The summed E-state index contributed by atoms with van der Waals surface area (Å²) in [5.41, 5.74) is 5.80. The van der Waals surface area contributed by atoms with Crippen molar-refractivity contribution in [3.8, 4) is 5.75 Å². The van der Waals surface area contributed by atoms with Crippen molar-refractivity contribution in [1.29, 1.82) is 0 Å². The number of phosphoric ester groups is 1. The molecule has 0 unspecified atom stereocenters. The van der Waals surface area contributed by atoms with Crippen molar-refractivity contribution in [2.75, 3.05) is 18.4 Å². The van der Waals surface area contributed by atoms with E-state index in [4.69, 9.17) is 15.5 Å². The third-order valence-electron chi connectivity index (χ3n) is 1.56. The van der Waals surface area contributed by atoms with Crippen LogP contribution < -0.4 is 15.6 Å². The molecule has 0 radical (unpaired) electrons. The zero-order valence-corrected chi connectivity index (χ0v) is 8.85. The van der Waals surface area contributed by atoms with E-state index in [1.54, 1.807) is 18.2 Å². The molecule has 5 N–H and O–H groups in total. The summed E-state index contributed by atoms with van der Waals surface area (Å²) in [5, 5.41) is 2.89. The normalized spacial score (nSPS) is 11.1. The molecule has 0 aromatic heterocycles. The molecule has 0 aliphatic carbocycles. The fourth-order valence-electron chi connectivity index (χ4n) is 1.03. The highest BCUT2D eigenvalue weighted by atomic mass is 31.2. The highest BCUT2D eigenvalue weighted by molar-refractivity contribution is 7.46. The summed E-state index contributed by atoms with van der Waals surface area (Å²) in [6, 6.07) is 6.47. The number of nitrogens with two attached hydrogens (primary N) is 1. The van der Waals surface area contributed by atoms with Gasteiger partial charge in [0.1, 0.15) is 0 Å². The SMILES string of the molecule is NCCNc1ccccc1OP(=O)(O)O. The van der Waals surface area contributed by atoms with E-state index in [0.29, 0.717) is 18.8 Å². The molecule has 0 spiro atoms. The number of anilines is 1. The molecule has 0 saturated carbocycles. The van der Waals surface area contributed by atoms with Gasteiger partial charge in [-0.25, -0.2) is 4.57 Å². The van der Waals surface area contributed by atoms with Gasteiger partial charge in [-0.05, 0) is 12.1 Å². The second-order valence-corrected chi connectivity index (χ2v) is 3.96. The van der Waals surface area contributed by atoms with Gasteiger partial charge in [0.25, 0.3) is 0 Å². The second kappa shape index (κ2) is 5.14. The van der Waals surface area contributed by atoms with Gasteiger partial charge in [-0.2, -0.15) is 0 Å². The summed E-state index contributed by atoms with van der Waals surface area (Å²) < 4.78 is 15.1. The summed E-state index contributed by atoms with van der Waals surface area (Å²) in [6.45, 7) is 0.922. The monoisotopic (exact) mass is 232 g/mol. The molecular formula is C8H13N2O4P. The van der Waals surface area contributed by atoms with Crippen LogP contribution in [-0.2, 0) is 4.57 Å². The smallest absolute Gasteiger partial charge is 0.402 e. The predicted molar refractivity (Wildman–Crippen MR) is 56.7 cm³/mol. The fraction of sp³-hybridized carbons (Fsp3) is 0.250. The van der Waals surface area contributed by atoms with Crippen molar-refractivity contribution in [1.82, 2.24) is 0 Å². The number of nitrogens with one attached hydrogen (secondary N) is 1. The lowest BCUT2D eigenvalue weighted by Gasteiger charge is -2.12. The molecule has 0 heterocycles. The highest BCUT2D eigenvalue weighted by Crippen LogP contribution is 2.40. The molecule has 7 heteroatoms. The van der Waals surface area contributed by atoms with Gasteiger partial charge >= 0.3 is 7.82 Å². The lowest BCUT2D eigenvalue weighted by atomic mass is 10.3. The lowest BCUT2D eigenvalue weighted by molar-refractivity contribution is 0.283. The molecule has 1 aromatic rings. The van der Waals surface area contributed by atoms with Crippen LogP contribution in [-0.4, -0.2) is 22.9 Å². The van der Waals surface area contributed by atoms with Gasteiger partial charge in [0.2, 0.25) is 0 Å². The zero-order valence-electron chi connectivity index (χ0n) is 7.96. The van der Waals surface area contributed by atoms with Crippen molar-refractivity contribution in [2.24, 2.45) is 5.73 Å². The Balaban J connectivity index is 2.81. The number of hydrogen-bond acceptors (Lipinski definition) is 4. The quantitative estimate of drug-likeness (QED) is 0.552. The van der Waals surface area contributed by atoms with Gasteiger partial charge in [-0.3, -0.25) is 9.79 Å². The van der Waals surface area contributed by atoms with Gasteiger partial charge in [0.05, 0.1) is 5.69 Å². The predicted octanol–water partition coefficient (Wildman–Crippen LogP) is 0.529. The Bertz CT molecular complexity index is 365. The number of para-hydroxylation sites is 2. The Hall–Kier alpha value is -1.07. The summed E-state index contributed by atoms with van der Waals surface area (Å²) in [5.74, 6) is 0.110. The highest BCUT2D eigenvalue weighted by Gasteiger charge is 2.17. The van der Waals surface area contributed by atoms with Crippen LogP contribution in [0.2, 0.25) is 0 Å². The molecule has 0 amide bonds. The number of phosphoric acid groups is 1. The fourth-order valence-corrected chi connectivity index (χ4v) is 1.44. The minimum atomic E-state index is -4.52. The van der Waals surface area contributed by atoms with Crippen LogP contribution >= 0.6 is 7.82 Å². The van der Waals surface area contributed by atoms with Crippen LogP contribution in [0.3, 0.4) is 0 Å². The Kier molecular flexibility index (Phi) is 4.11. The number of hydrogen-bond donors (Lipinski definition) is 4. The van der Waals surface area contributed by atoms with Gasteiger partial charge < -0.3 is 15.6 Å².